The van der Waals surface area contributed by atoms with Crippen LogP contribution < -0.4 is 20.9 Å². The minimum absolute atomic E-state index is 0.00861. The van der Waals surface area contributed by atoms with Gasteiger partial charge in [0.15, 0.2) is 11.7 Å². The third-order valence-electron chi connectivity index (χ3n) is 3.18. The number of aryl methyl sites for hydroxylation is 2. The first-order valence-electron chi connectivity index (χ1n) is 7.75. The maximum atomic E-state index is 11.8. The Labute approximate surface area is 161 Å². The van der Waals surface area contributed by atoms with E-state index in [4.69, 9.17) is 17.0 Å². The van der Waals surface area contributed by atoms with Crippen LogP contribution in [0.2, 0.25) is 0 Å². The van der Waals surface area contributed by atoms with Crippen molar-refractivity contribution >= 4 is 46.6 Å². The van der Waals surface area contributed by atoms with Gasteiger partial charge in [-0.3, -0.25) is 25.8 Å². The van der Waals surface area contributed by atoms with Crippen molar-refractivity contribution in [2.45, 2.75) is 13.8 Å². The van der Waals surface area contributed by atoms with Crippen LogP contribution in [0.5, 0.6) is 5.75 Å². The predicted molar refractivity (Wildman–Crippen MR) is 107 cm³/mol. The molecule has 0 aliphatic heterocycles. The summed E-state index contributed by atoms with van der Waals surface area (Å²) in [5.74, 6) is -0.173. The molecule has 2 rings (SSSR count). The van der Waals surface area contributed by atoms with E-state index in [0.717, 1.165) is 16.0 Å². The van der Waals surface area contributed by atoms with E-state index in [1.54, 1.807) is 6.08 Å². The molecule has 3 N–H and O–H groups in total. The Bertz CT molecular complexity index is 817. The van der Waals surface area contributed by atoms with E-state index in [1.165, 1.54) is 17.4 Å². The molecule has 6 nitrogen and oxygen atoms in total. The Kier molecular flexibility index (Phi) is 7.31. The van der Waals surface area contributed by atoms with Gasteiger partial charge >= 0.3 is 0 Å². The van der Waals surface area contributed by atoms with Gasteiger partial charge in [-0.2, -0.15) is 0 Å². The lowest BCUT2D eigenvalue weighted by molar-refractivity contribution is -0.123. The van der Waals surface area contributed by atoms with Gasteiger partial charge in [0.1, 0.15) is 5.75 Å². The lowest BCUT2D eigenvalue weighted by Gasteiger charge is -2.12. The van der Waals surface area contributed by atoms with Crippen molar-refractivity contribution in [2.24, 2.45) is 0 Å². The minimum Gasteiger partial charge on any atom is -0.483 e. The van der Waals surface area contributed by atoms with Crippen LogP contribution >= 0.6 is 23.6 Å². The predicted octanol–water partition coefficient (Wildman–Crippen LogP) is 2.48. The van der Waals surface area contributed by atoms with Crippen molar-refractivity contribution in [3.8, 4) is 5.75 Å². The summed E-state index contributed by atoms with van der Waals surface area (Å²) in [4.78, 5) is 24.4. The molecular formula is C18H19N3O3S2. The van der Waals surface area contributed by atoms with Crippen molar-refractivity contribution < 1.29 is 14.3 Å². The van der Waals surface area contributed by atoms with Crippen molar-refractivity contribution in [3.63, 3.8) is 0 Å². The van der Waals surface area contributed by atoms with Crippen molar-refractivity contribution in [1.82, 2.24) is 16.2 Å². The fraction of sp³-hybridized carbons (Fsp3) is 0.167. The second-order valence-electron chi connectivity index (χ2n) is 5.40. The molecule has 0 bridgehead atoms. The van der Waals surface area contributed by atoms with Crippen LogP contribution in [0.3, 0.4) is 0 Å². The SMILES string of the molecule is Cc1ccc(OCC(=O)NNC(=S)NC(=O)C=Cc2cccs2)c(C)c1. The second kappa shape index (κ2) is 9.69. The van der Waals surface area contributed by atoms with Crippen LogP contribution in [-0.4, -0.2) is 23.5 Å². The van der Waals surface area contributed by atoms with E-state index < -0.39 is 11.8 Å². The average Bonchev–Trinajstić information content (AvgIpc) is 3.11. The van der Waals surface area contributed by atoms with E-state index in [-0.39, 0.29) is 11.7 Å². The molecule has 8 heteroatoms. The molecule has 0 spiro atoms. The van der Waals surface area contributed by atoms with E-state index in [1.807, 2.05) is 49.6 Å². The van der Waals surface area contributed by atoms with E-state index in [0.29, 0.717) is 5.75 Å². The number of thiocarbonyl (C=S) groups is 1. The first-order valence-corrected chi connectivity index (χ1v) is 9.04. The first kappa shape index (κ1) is 19.6. The van der Waals surface area contributed by atoms with Crippen LogP contribution in [0.25, 0.3) is 6.08 Å². The molecule has 0 saturated carbocycles. The zero-order valence-electron chi connectivity index (χ0n) is 14.4. The van der Waals surface area contributed by atoms with E-state index in [2.05, 4.69) is 16.2 Å². The number of amides is 2. The highest BCUT2D eigenvalue weighted by atomic mass is 32.1. The number of hydrazine groups is 1. The van der Waals surface area contributed by atoms with E-state index in [9.17, 15) is 9.59 Å². The van der Waals surface area contributed by atoms with Crippen LogP contribution in [0.15, 0.2) is 41.8 Å². The molecule has 136 valence electrons. The fourth-order valence-corrected chi connectivity index (χ4v) is 2.77. The minimum atomic E-state index is -0.421. The highest BCUT2D eigenvalue weighted by Gasteiger charge is 2.06. The Balaban J connectivity index is 1.69. The van der Waals surface area contributed by atoms with Gasteiger partial charge in [0.2, 0.25) is 5.91 Å². The summed E-state index contributed by atoms with van der Waals surface area (Å²) in [5, 5.41) is 4.34. The Hall–Kier alpha value is -2.71. The Morgan fingerprint density at radius 3 is 2.73 bits per heavy atom. The molecule has 0 radical (unpaired) electrons. The highest BCUT2D eigenvalue weighted by Crippen LogP contribution is 2.18. The first-order chi connectivity index (χ1) is 12.4. The second-order valence-corrected chi connectivity index (χ2v) is 6.79. The third-order valence-corrected chi connectivity index (χ3v) is 4.23. The van der Waals surface area contributed by atoms with Crippen LogP contribution in [0, 0.1) is 13.8 Å². The molecule has 0 aliphatic carbocycles. The number of nitrogens with one attached hydrogen (secondary N) is 3. The van der Waals surface area contributed by atoms with Crippen molar-refractivity contribution in [2.75, 3.05) is 6.61 Å². The largest absolute Gasteiger partial charge is 0.483 e. The molecule has 2 aromatic rings. The number of hydrogen-bond donors (Lipinski definition) is 3. The number of carbonyl (C=O) groups excluding carboxylic acids is 2. The molecular weight excluding hydrogens is 370 g/mol. The number of rotatable bonds is 5. The summed E-state index contributed by atoms with van der Waals surface area (Å²) in [6.45, 7) is 3.72. The molecule has 26 heavy (non-hydrogen) atoms. The van der Waals surface area contributed by atoms with Gasteiger partial charge in [0.25, 0.3) is 5.91 Å². The van der Waals surface area contributed by atoms with Gasteiger partial charge < -0.3 is 4.74 Å². The maximum absolute atomic E-state index is 11.8. The van der Waals surface area contributed by atoms with Gasteiger partial charge in [0, 0.05) is 11.0 Å². The lowest BCUT2D eigenvalue weighted by atomic mass is 10.1. The zero-order valence-corrected chi connectivity index (χ0v) is 16.0. The topological polar surface area (TPSA) is 79.5 Å². The van der Waals surface area contributed by atoms with Crippen LogP contribution in [0.4, 0.5) is 0 Å². The van der Waals surface area contributed by atoms with Gasteiger partial charge in [0.05, 0.1) is 0 Å². The molecule has 0 saturated heterocycles. The summed E-state index contributed by atoms with van der Waals surface area (Å²) in [5.41, 5.74) is 6.89. The van der Waals surface area contributed by atoms with Gasteiger partial charge in [-0.05, 0) is 55.2 Å². The molecule has 2 amide bonds. The number of carbonyl (C=O) groups is 2. The zero-order chi connectivity index (χ0) is 18.9. The highest BCUT2D eigenvalue weighted by molar-refractivity contribution is 7.80. The number of thiophene rings is 1. The lowest BCUT2D eigenvalue weighted by Crippen LogP contribution is -2.49. The number of ether oxygens (including phenoxy) is 1. The monoisotopic (exact) mass is 389 g/mol. The molecule has 1 aromatic heterocycles. The van der Waals surface area contributed by atoms with Gasteiger partial charge in [-0.1, -0.05) is 23.8 Å². The molecule has 1 aromatic carbocycles. The maximum Gasteiger partial charge on any atom is 0.276 e. The summed E-state index contributed by atoms with van der Waals surface area (Å²) in [6, 6.07) is 9.48. The molecule has 1 heterocycles. The summed E-state index contributed by atoms with van der Waals surface area (Å²) in [7, 11) is 0. The smallest absolute Gasteiger partial charge is 0.276 e. The third kappa shape index (κ3) is 6.66. The summed E-state index contributed by atoms with van der Waals surface area (Å²) in [6.07, 6.45) is 3.05. The van der Waals surface area contributed by atoms with Gasteiger partial charge in [-0.15, -0.1) is 11.3 Å². The Morgan fingerprint density at radius 1 is 1.23 bits per heavy atom. The molecule has 0 atom stereocenters. The molecule has 0 unspecified atom stereocenters. The fourth-order valence-electron chi connectivity index (χ4n) is 2.00. The van der Waals surface area contributed by atoms with Crippen molar-refractivity contribution in [1.29, 1.82) is 0 Å². The van der Waals surface area contributed by atoms with Gasteiger partial charge in [-0.25, -0.2) is 0 Å². The average molecular weight is 390 g/mol. The number of benzene rings is 1. The molecule has 0 fully saturated rings. The van der Waals surface area contributed by atoms with E-state index >= 15 is 0 Å². The van der Waals surface area contributed by atoms with Crippen LogP contribution in [-0.2, 0) is 9.59 Å². The normalized spacial score (nSPS) is 10.4. The summed E-state index contributed by atoms with van der Waals surface area (Å²) < 4.78 is 5.45. The van der Waals surface area contributed by atoms with Crippen molar-refractivity contribution in [3.05, 3.63) is 57.8 Å². The number of hydrogen-bond acceptors (Lipinski definition) is 5. The molecule has 0 aliphatic rings. The standard InChI is InChI=1S/C18H19N3O3S2/c1-12-5-7-15(13(2)10-12)24-11-17(23)20-21-18(25)19-16(22)8-6-14-4-3-9-26-14/h3-10H,11H2,1-2H3,(H,20,23)(H2,19,21,22,25). The Morgan fingerprint density at radius 2 is 2.04 bits per heavy atom. The summed E-state index contributed by atoms with van der Waals surface area (Å²) >= 11 is 6.46. The quantitative estimate of drug-likeness (QED) is 0.416. The van der Waals surface area contributed by atoms with Crippen LogP contribution in [0.1, 0.15) is 16.0 Å².